The fourth-order valence-electron chi connectivity index (χ4n) is 2.11. The van der Waals surface area contributed by atoms with Crippen molar-refractivity contribution in [3.63, 3.8) is 0 Å². The monoisotopic (exact) mass is 373 g/mol. The molecule has 0 aliphatic carbocycles. The van der Waals surface area contributed by atoms with Crippen LogP contribution in [0.25, 0.3) is 0 Å². The lowest BCUT2D eigenvalue weighted by Crippen LogP contribution is -2.15. The predicted octanol–water partition coefficient (Wildman–Crippen LogP) is 3.30. The molecular formula is C18H16FN3O3S. The third-order valence-electron chi connectivity index (χ3n) is 3.50. The molecule has 0 aliphatic heterocycles. The minimum Gasteiger partial charge on any atom is -0.459 e. The van der Waals surface area contributed by atoms with Crippen LogP contribution in [0, 0.1) is 12.7 Å². The molecule has 134 valence electrons. The molecule has 1 aromatic heterocycles. The van der Waals surface area contributed by atoms with Gasteiger partial charge < -0.3 is 4.74 Å². The standard InChI is InChI=1S/C18H16FN3O3S/c1-13-7-9-14(10-8-13)12-25-18-20-11-16(19)17(21-18)22-26(23,24)15-5-3-2-4-6-15/h2-11H,12H2,1H3,(H,20,21,22). The van der Waals surface area contributed by atoms with Gasteiger partial charge in [0.15, 0.2) is 11.6 Å². The van der Waals surface area contributed by atoms with E-state index in [-0.39, 0.29) is 17.5 Å². The Balaban J connectivity index is 1.76. The van der Waals surface area contributed by atoms with Gasteiger partial charge in [-0.3, -0.25) is 4.72 Å². The van der Waals surface area contributed by atoms with Gasteiger partial charge in [0.25, 0.3) is 10.0 Å². The number of rotatable bonds is 6. The molecule has 0 saturated heterocycles. The zero-order valence-corrected chi connectivity index (χ0v) is 14.7. The fourth-order valence-corrected chi connectivity index (χ4v) is 3.14. The quantitative estimate of drug-likeness (QED) is 0.717. The van der Waals surface area contributed by atoms with E-state index in [1.807, 2.05) is 31.2 Å². The largest absolute Gasteiger partial charge is 0.459 e. The van der Waals surface area contributed by atoms with Gasteiger partial charge in [-0.05, 0) is 24.6 Å². The lowest BCUT2D eigenvalue weighted by molar-refractivity contribution is 0.280. The molecule has 0 saturated carbocycles. The van der Waals surface area contributed by atoms with Crippen LogP contribution in [0.4, 0.5) is 10.2 Å². The van der Waals surface area contributed by atoms with Gasteiger partial charge in [-0.25, -0.2) is 17.8 Å². The normalized spacial score (nSPS) is 11.2. The highest BCUT2D eigenvalue weighted by Gasteiger charge is 2.18. The first-order valence-corrected chi connectivity index (χ1v) is 9.21. The lowest BCUT2D eigenvalue weighted by atomic mass is 10.2. The Morgan fingerprint density at radius 1 is 1.08 bits per heavy atom. The molecule has 0 amide bonds. The van der Waals surface area contributed by atoms with Crippen LogP contribution < -0.4 is 9.46 Å². The average molecular weight is 373 g/mol. The molecule has 1 N–H and O–H groups in total. The summed E-state index contributed by atoms with van der Waals surface area (Å²) in [6, 6.07) is 15.1. The molecule has 2 aromatic carbocycles. The molecule has 0 bridgehead atoms. The van der Waals surface area contributed by atoms with Gasteiger partial charge >= 0.3 is 6.01 Å². The highest BCUT2D eigenvalue weighted by Crippen LogP contribution is 2.19. The molecule has 3 aromatic rings. The molecule has 0 radical (unpaired) electrons. The third-order valence-corrected chi connectivity index (χ3v) is 4.85. The van der Waals surface area contributed by atoms with Gasteiger partial charge in [0.1, 0.15) is 6.61 Å². The number of ether oxygens (including phenoxy) is 1. The van der Waals surface area contributed by atoms with Crippen LogP contribution in [-0.2, 0) is 16.6 Å². The summed E-state index contributed by atoms with van der Waals surface area (Å²) in [6.45, 7) is 2.15. The zero-order valence-electron chi connectivity index (χ0n) is 13.9. The first-order chi connectivity index (χ1) is 12.4. The number of sulfonamides is 1. The van der Waals surface area contributed by atoms with Crippen molar-refractivity contribution in [3.05, 3.63) is 77.7 Å². The van der Waals surface area contributed by atoms with Crippen molar-refractivity contribution in [1.29, 1.82) is 0 Å². The summed E-state index contributed by atoms with van der Waals surface area (Å²) in [5.41, 5.74) is 2.00. The number of halogens is 1. The van der Waals surface area contributed by atoms with Crippen LogP contribution in [0.5, 0.6) is 6.01 Å². The third kappa shape index (κ3) is 4.34. The number of aromatic nitrogens is 2. The first kappa shape index (κ1) is 17.8. The Morgan fingerprint density at radius 2 is 1.77 bits per heavy atom. The number of nitrogens with one attached hydrogen (secondary N) is 1. The van der Waals surface area contributed by atoms with Gasteiger partial charge in [0, 0.05) is 0 Å². The van der Waals surface area contributed by atoms with Crippen molar-refractivity contribution in [2.45, 2.75) is 18.4 Å². The summed E-state index contributed by atoms with van der Waals surface area (Å²) in [7, 11) is -3.96. The van der Waals surface area contributed by atoms with Crippen molar-refractivity contribution < 1.29 is 17.5 Å². The summed E-state index contributed by atoms with van der Waals surface area (Å²) >= 11 is 0. The van der Waals surface area contributed by atoms with Gasteiger partial charge in [-0.15, -0.1) is 0 Å². The second-order valence-corrected chi connectivity index (χ2v) is 7.22. The van der Waals surface area contributed by atoms with E-state index in [0.29, 0.717) is 0 Å². The summed E-state index contributed by atoms with van der Waals surface area (Å²) in [4.78, 5) is 7.55. The maximum absolute atomic E-state index is 13.9. The van der Waals surface area contributed by atoms with E-state index in [0.717, 1.165) is 17.3 Å². The van der Waals surface area contributed by atoms with Gasteiger partial charge in [-0.2, -0.15) is 4.98 Å². The molecule has 0 aliphatic rings. The first-order valence-electron chi connectivity index (χ1n) is 7.73. The molecule has 0 unspecified atom stereocenters. The van der Waals surface area contributed by atoms with Gasteiger partial charge in [-0.1, -0.05) is 48.0 Å². The molecule has 6 nitrogen and oxygen atoms in total. The maximum Gasteiger partial charge on any atom is 0.318 e. The number of nitrogens with zero attached hydrogens (tertiary/aromatic N) is 2. The minimum atomic E-state index is -3.96. The van der Waals surface area contributed by atoms with Gasteiger partial charge in [0.05, 0.1) is 11.1 Å². The van der Waals surface area contributed by atoms with E-state index in [4.69, 9.17) is 4.74 Å². The van der Waals surface area contributed by atoms with Crippen molar-refractivity contribution in [3.8, 4) is 6.01 Å². The highest BCUT2D eigenvalue weighted by molar-refractivity contribution is 7.92. The molecule has 8 heteroatoms. The molecule has 0 fully saturated rings. The molecule has 0 atom stereocenters. The topological polar surface area (TPSA) is 81.2 Å². The second kappa shape index (κ2) is 7.49. The molecular weight excluding hydrogens is 357 g/mol. The second-order valence-electron chi connectivity index (χ2n) is 5.54. The molecule has 1 heterocycles. The molecule has 0 spiro atoms. The fraction of sp³-hybridized carbons (Fsp3) is 0.111. The molecule has 3 rings (SSSR count). The SMILES string of the molecule is Cc1ccc(COc2ncc(F)c(NS(=O)(=O)c3ccccc3)n2)cc1. The van der Waals surface area contributed by atoms with Crippen molar-refractivity contribution in [2.75, 3.05) is 4.72 Å². The zero-order chi connectivity index (χ0) is 18.6. The van der Waals surface area contributed by atoms with E-state index >= 15 is 0 Å². The van der Waals surface area contributed by atoms with E-state index in [1.54, 1.807) is 18.2 Å². The predicted molar refractivity (Wildman–Crippen MR) is 94.8 cm³/mol. The van der Waals surface area contributed by atoms with Crippen molar-refractivity contribution in [1.82, 2.24) is 9.97 Å². The van der Waals surface area contributed by atoms with Crippen LogP contribution >= 0.6 is 0 Å². The maximum atomic E-state index is 13.9. The van der Waals surface area contributed by atoms with Crippen molar-refractivity contribution >= 4 is 15.8 Å². The Hall–Kier alpha value is -3.00. The Bertz CT molecular complexity index is 994. The number of benzene rings is 2. The van der Waals surface area contributed by atoms with Crippen LogP contribution in [0.2, 0.25) is 0 Å². The Morgan fingerprint density at radius 3 is 2.46 bits per heavy atom. The Kier molecular flexibility index (Phi) is 5.13. The minimum absolute atomic E-state index is 0.000126. The van der Waals surface area contributed by atoms with Crippen LogP contribution in [0.1, 0.15) is 11.1 Å². The van der Waals surface area contributed by atoms with Crippen LogP contribution in [0.3, 0.4) is 0 Å². The lowest BCUT2D eigenvalue weighted by Gasteiger charge is -2.10. The Labute approximate surface area is 150 Å². The summed E-state index contributed by atoms with van der Waals surface area (Å²) in [5.74, 6) is -1.37. The summed E-state index contributed by atoms with van der Waals surface area (Å²) in [5, 5.41) is 0. The van der Waals surface area contributed by atoms with Crippen molar-refractivity contribution in [2.24, 2.45) is 0 Å². The van der Waals surface area contributed by atoms with E-state index in [2.05, 4.69) is 14.7 Å². The number of hydrogen-bond acceptors (Lipinski definition) is 5. The summed E-state index contributed by atoms with van der Waals surface area (Å²) < 4.78 is 46.0. The number of anilines is 1. The molecule has 26 heavy (non-hydrogen) atoms. The van der Waals surface area contributed by atoms with Crippen LogP contribution in [0.15, 0.2) is 65.7 Å². The summed E-state index contributed by atoms with van der Waals surface area (Å²) in [6.07, 6.45) is 0.861. The number of hydrogen-bond donors (Lipinski definition) is 1. The smallest absolute Gasteiger partial charge is 0.318 e. The van der Waals surface area contributed by atoms with Crippen LogP contribution in [-0.4, -0.2) is 18.4 Å². The van der Waals surface area contributed by atoms with Gasteiger partial charge in [0.2, 0.25) is 0 Å². The van der Waals surface area contributed by atoms with E-state index in [9.17, 15) is 12.8 Å². The average Bonchev–Trinajstić information content (AvgIpc) is 2.64. The van der Waals surface area contributed by atoms with E-state index in [1.165, 1.54) is 12.1 Å². The van der Waals surface area contributed by atoms with E-state index < -0.39 is 21.7 Å². The highest BCUT2D eigenvalue weighted by atomic mass is 32.2. The number of aryl methyl sites for hydroxylation is 1.